The molecule has 0 fully saturated rings. The van der Waals surface area contributed by atoms with Crippen molar-refractivity contribution in [2.75, 3.05) is 23.9 Å². The normalized spacial score (nSPS) is 12.7. The smallest absolute Gasteiger partial charge is 0.193 e. The van der Waals surface area contributed by atoms with Gasteiger partial charge in [-0.1, -0.05) is 26.0 Å². The molecule has 0 unspecified atom stereocenters. The van der Waals surface area contributed by atoms with Crippen molar-refractivity contribution >= 4 is 21.5 Å². The Bertz CT molecular complexity index is 551. The summed E-state index contributed by atoms with van der Waals surface area (Å²) in [4.78, 5) is 3.98. The predicted molar refractivity (Wildman–Crippen MR) is 80.4 cm³/mol. The lowest BCUT2D eigenvalue weighted by atomic mass is 10.0. The summed E-state index contributed by atoms with van der Waals surface area (Å²) in [6.45, 7) is 4.40. The van der Waals surface area contributed by atoms with E-state index in [1.807, 2.05) is 24.3 Å². The molecule has 1 aromatic carbocycles. The van der Waals surface area contributed by atoms with Crippen LogP contribution in [0.1, 0.15) is 25.3 Å². The van der Waals surface area contributed by atoms with Crippen molar-refractivity contribution in [1.82, 2.24) is 0 Å². The molecule has 19 heavy (non-hydrogen) atoms. The van der Waals surface area contributed by atoms with Crippen molar-refractivity contribution in [3.63, 3.8) is 0 Å². The fourth-order valence-corrected chi connectivity index (χ4v) is 1.92. The van der Waals surface area contributed by atoms with Crippen LogP contribution in [0.25, 0.3) is 0 Å². The van der Waals surface area contributed by atoms with Gasteiger partial charge in [0.05, 0.1) is 12.3 Å². The van der Waals surface area contributed by atoms with Crippen LogP contribution in [0, 0.1) is 0 Å². The number of sulfone groups is 1. The highest BCUT2D eigenvalue weighted by molar-refractivity contribution is 7.90. The lowest BCUT2D eigenvalue weighted by Crippen LogP contribution is -2.23. The van der Waals surface area contributed by atoms with Crippen molar-refractivity contribution < 1.29 is 8.42 Å². The average Bonchev–Trinajstić information content (AvgIpc) is 2.27. The minimum Gasteiger partial charge on any atom is -0.370 e. The maximum Gasteiger partial charge on any atom is 0.193 e. The van der Waals surface area contributed by atoms with Gasteiger partial charge in [0.15, 0.2) is 5.96 Å². The van der Waals surface area contributed by atoms with E-state index in [4.69, 9.17) is 5.73 Å². The Morgan fingerprint density at radius 1 is 1.42 bits per heavy atom. The second kappa shape index (κ2) is 6.56. The Morgan fingerprint density at radius 3 is 2.68 bits per heavy atom. The van der Waals surface area contributed by atoms with E-state index >= 15 is 0 Å². The fourth-order valence-electron chi connectivity index (χ4n) is 1.49. The molecule has 0 radical (unpaired) electrons. The standard InChI is InChI=1S/C13H21N3O2S/c1-10(2)11-5-4-6-12(9-11)16-13(14)15-7-8-19(3,17)18/h4-6,9-10H,7-8H2,1-3H3,(H3,14,15,16). The first-order valence-corrected chi connectivity index (χ1v) is 8.18. The van der Waals surface area contributed by atoms with E-state index in [0.29, 0.717) is 5.92 Å². The van der Waals surface area contributed by atoms with Crippen LogP contribution in [0.5, 0.6) is 0 Å². The van der Waals surface area contributed by atoms with Crippen molar-refractivity contribution in [1.29, 1.82) is 0 Å². The van der Waals surface area contributed by atoms with Gasteiger partial charge >= 0.3 is 0 Å². The molecule has 0 saturated heterocycles. The lowest BCUT2D eigenvalue weighted by molar-refractivity contribution is 0.601. The molecule has 0 amide bonds. The summed E-state index contributed by atoms with van der Waals surface area (Å²) in [5.74, 6) is 0.663. The van der Waals surface area contributed by atoms with Crippen LogP contribution >= 0.6 is 0 Å². The maximum atomic E-state index is 11.0. The molecule has 0 saturated carbocycles. The molecule has 0 atom stereocenters. The van der Waals surface area contributed by atoms with Crippen LogP contribution in [0.3, 0.4) is 0 Å². The average molecular weight is 283 g/mol. The summed E-state index contributed by atoms with van der Waals surface area (Å²) in [6, 6.07) is 7.89. The van der Waals surface area contributed by atoms with Crippen molar-refractivity contribution in [2.45, 2.75) is 19.8 Å². The van der Waals surface area contributed by atoms with Gasteiger partial charge in [0.2, 0.25) is 0 Å². The third-order valence-corrected chi connectivity index (χ3v) is 3.49. The minimum atomic E-state index is -3.00. The van der Waals surface area contributed by atoms with E-state index in [9.17, 15) is 8.42 Å². The van der Waals surface area contributed by atoms with Gasteiger partial charge < -0.3 is 11.1 Å². The van der Waals surface area contributed by atoms with E-state index in [1.54, 1.807) is 0 Å². The molecule has 0 aromatic heterocycles. The number of hydrogen-bond acceptors (Lipinski definition) is 3. The zero-order valence-corrected chi connectivity index (χ0v) is 12.4. The number of rotatable bonds is 5. The molecular weight excluding hydrogens is 262 g/mol. The zero-order chi connectivity index (χ0) is 14.5. The number of nitrogens with two attached hydrogens (primary N) is 1. The first kappa shape index (κ1) is 15.5. The Kier molecular flexibility index (Phi) is 5.35. The van der Waals surface area contributed by atoms with Gasteiger partial charge in [0.25, 0.3) is 0 Å². The first-order chi connectivity index (χ1) is 8.78. The molecule has 0 aliphatic heterocycles. The third kappa shape index (κ3) is 6.24. The quantitative estimate of drug-likeness (QED) is 0.634. The second-order valence-corrected chi connectivity index (χ2v) is 7.06. The topological polar surface area (TPSA) is 84.5 Å². The van der Waals surface area contributed by atoms with E-state index in [2.05, 4.69) is 24.2 Å². The second-order valence-electron chi connectivity index (χ2n) is 4.80. The summed E-state index contributed by atoms with van der Waals surface area (Å²) in [6.07, 6.45) is 1.18. The largest absolute Gasteiger partial charge is 0.370 e. The summed E-state index contributed by atoms with van der Waals surface area (Å²) >= 11 is 0. The van der Waals surface area contributed by atoms with E-state index in [-0.39, 0.29) is 18.3 Å². The highest BCUT2D eigenvalue weighted by atomic mass is 32.2. The van der Waals surface area contributed by atoms with Crippen LogP contribution in [-0.2, 0) is 9.84 Å². The molecule has 1 rings (SSSR count). The summed E-state index contributed by atoms with van der Waals surface area (Å²) in [7, 11) is -3.00. The maximum absolute atomic E-state index is 11.0. The van der Waals surface area contributed by atoms with Crippen molar-refractivity contribution in [2.24, 2.45) is 10.7 Å². The van der Waals surface area contributed by atoms with Crippen LogP contribution < -0.4 is 11.1 Å². The predicted octanol–water partition coefficient (Wildman–Crippen LogP) is 1.58. The summed E-state index contributed by atoms with van der Waals surface area (Å²) < 4.78 is 21.9. The van der Waals surface area contributed by atoms with Crippen LogP contribution in [0.15, 0.2) is 29.3 Å². The Hall–Kier alpha value is -1.56. The molecule has 106 valence electrons. The molecule has 0 aliphatic rings. The number of hydrogen-bond donors (Lipinski definition) is 2. The molecule has 0 spiro atoms. The molecule has 0 aliphatic carbocycles. The van der Waals surface area contributed by atoms with Gasteiger partial charge in [-0.05, 0) is 23.6 Å². The van der Waals surface area contributed by atoms with E-state index in [1.165, 1.54) is 11.8 Å². The van der Waals surface area contributed by atoms with Crippen molar-refractivity contribution in [3.8, 4) is 0 Å². The fraction of sp³-hybridized carbons (Fsp3) is 0.462. The summed E-state index contributed by atoms with van der Waals surface area (Å²) in [5, 5.41) is 2.96. The molecule has 3 N–H and O–H groups in total. The molecule has 5 nitrogen and oxygen atoms in total. The lowest BCUT2D eigenvalue weighted by Gasteiger charge is -2.09. The van der Waals surface area contributed by atoms with Crippen LogP contribution in [0.4, 0.5) is 5.69 Å². The molecule has 6 heteroatoms. The highest BCUT2D eigenvalue weighted by Crippen LogP contribution is 2.18. The van der Waals surface area contributed by atoms with Gasteiger partial charge in [-0.2, -0.15) is 0 Å². The van der Waals surface area contributed by atoms with Gasteiger partial charge in [-0.3, -0.25) is 4.99 Å². The molecular formula is C13H21N3O2S. The SMILES string of the molecule is CC(C)c1cccc(NC(N)=NCCS(C)(=O)=O)c1. The van der Waals surface area contributed by atoms with E-state index < -0.39 is 9.84 Å². The number of guanidine groups is 1. The van der Waals surface area contributed by atoms with Crippen LogP contribution in [0.2, 0.25) is 0 Å². The van der Waals surface area contributed by atoms with Gasteiger partial charge in [0, 0.05) is 11.9 Å². The van der Waals surface area contributed by atoms with Gasteiger partial charge in [-0.25, -0.2) is 8.42 Å². The molecule has 0 bridgehead atoms. The third-order valence-electron chi connectivity index (χ3n) is 2.57. The molecule has 0 heterocycles. The Labute approximate surface area is 114 Å². The molecule has 1 aromatic rings. The first-order valence-electron chi connectivity index (χ1n) is 6.12. The number of nitrogens with one attached hydrogen (secondary N) is 1. The number of benzene rings is 1. The Morgan fingerprint density at radius 2 is 2.11 bits per heavy atom. The summed E-state index contributed by atoms with van der Waals surface area (Å²) in [5.41, 5.74) is 7.76. The van der Waals surface area contributed by atoms with Gasteiger partial charge in [-0.15, -0.1) is 0 Å². The van der Waals surface area contributed by atoms with E-state index in [0.717, 1.165) is 5.69 Å². The van der Waals surface area contributed by atoms with Crippen molar-refractivity contribution in [3.05, 3.63) is 29.8 Å². The Balaban J connectivity index is 2.63. The zero-order valence-electron chi connectivity index (χ0n) is 11.6. The van der Waals surface area contributed by atoms with Crippen LogP contribution in [-0.4, -0.2) is 32.9 Å². The number of anilines is 1. The monoisotopic (exact) mass is 283 g/mol. The minimum absolute atomic E-state index is 0.00140. The highest BCUT2D eigenvalue weighted by Gasteiger charge is 2.02. The van der Waals surface area contributed by atoms with Gasteiger partial charge in [0.1, 0.15) is 9.84 Å². The number of aliphatic imine (C=N–C) groups is 1. The number of nitrogens with zero attached hydrogens (tertiary/aromatic N) is 1.